The van der Waals surface area contributed by atoms with E-state index in [1.165, 1.54) is 0 Å². The molecule has 0 rings (SSSR count). The second kappa shape index (κ2) is 8.17. The Morgan fingerprint density at radius 3 is 1.57 bits per heavy atom. The Kier molecular flexibility index (Phi) is 8.08. The van der Waals surface area contributed by atoms with Crippen molar-refractivity contribution in [1.82, 2.24) is 9.80 Å². The van der Waals surface area contributed by atoms with E-state index in [4.69, 9.17) is 11.5 Å². The van der Waals surface area contributed by atoms with Gasteiger partial charge in [-0.25, -0.2) is 0 Å². The van der Waals surface area contributed by atoms with E-state index >= 15 is 0 Å². The Bertz CT molecular complexity index is 115. The van der Waals surface area contributed by atoms with Crippen LogP contribution in [0.1, 0.15) is 19.8 Å². The van der Waals surface area contributed by atoms with Crippen LogP contribution in [0, 0.1) is 0 Å². The lowest BCUT2D eigenvalue weighted by Crippen LogP contribution is -2.43. The van der Waals surface area contributed by atoms with E-state index in [1.807, 2.05) is 0 Å². The molecule has 4 heteroatoms. The van der Waals surface area contributed by atoms with Crippen molar-refractivity contribution in [2.45, 2.75) is 25.9 Å². The Morgan fingerprint density at radius 2 is 1.29 bits per heavy atom. The van der Waals surface area contributed by atoms with Crippen molar-refractivity contribution in [3.63, 3.8) is 0 Å². The van der Waals surface area contributed by atoms with E-state index in [0.29, 0.717) is 6.17 Å². The molecule has 0 aliphatic rings. The molecule has 4 nitrogen and oxygen atoms in total. The maximum Gasteiger partial charge on any atom is 0.0588 e. The first-order valence-corrected chi connectivity index (χ1v) is 5.44. The van der Waals surface area contributed by atoms with Crippen LogP contribution >= 0.6 is 0 Å². The lowest BCUT2D eigenvalue weighted by atomic mass is 10.3. The van der Waals surface area contributed by atoms with Crippen molar-refractivity contribution in [3.8, 4) is 0 Å². The third kappa shape index (κ3) is 5.54. The standard InChI is InChI=1S/C10H26N4/c1-10(13(2)8-4-6-11)14(3)9-5-7-12/h10H,4-9,11-12H2,1-3H3. The molecule has 0 aromatic carbocycles. The normalized spacial score (nSPS) is 12.0. The number of rotatable bonds is 8. The van der Waals surface area contributed by atoms with Gasteiger partial charge in [0.1, 0.15) is 0 Å². The Morgan fingerprint density at radius 1 is 0.929 bits per heavy atom. The lowest BCUT2D eigenvalue weighted by molar-refractivity contribution is 0.0968. The van der Waals surface area contributed by atoms with Gasteiger partial charge in [0.2, 0.25) is 0 Å². The Labute approximate surface area is 88.2 Å². The van der Waals surface area contributed by atoms with E-state index in [9.17, 15) is 0 Å². The van der Waals surface area contributed by atoms with Gasteiger partial charge < -0.3 is 11.5 Å². The SMILES string of the molecule is CC(N(C)CCCN)N(C)CCCN. The molecule has 14 heavy (non-hydrogen) atoms. The molecular weight excluding hydrogens is 176 g/mol. The van der Waals surface area contributed by atoms with Crippen LogP contribution in [0.25, 0.3) is 0 Å². The molecular formula is C10H26N4. The first kappa shape index (κ1) is 13.8. The number of hydrogen-bond acceptors (Lipinski definition) is 4. The van der Waals surface area contributed by atoms with Crippen LogP contribution in [-0.4, -0.2) is 56.2 Å². The van der Waals surface area contributed by atoms with Gasteiger partial charge in [-0.15, -0.1) is 0 Å². The van der Waals surface area contributed by atoms with Crippen LogP contribution in [0.3, 0.4) is 0 Å². The average Bonchev–Trinajstić information content (AvgIpc) is 2.21. The zero-order valence-corrected chi connectivity index (χ0v) is 9.87. The fourth-order valence-corrected chi connectivity index (χ4v) is 1.39. The smallest absolute Gasteiger partial charge is 0.0588 e. The third-order valence-electron chi connectivity index (χ3n) is 2.71. The van der Waals surface area contributed by atoms with Gasteiger partial charge in [-0.1, -0.05) is 0 Å². The van der Waals surface area contributed by atoms with Crippen molar-refractivity contribution in [2.75, 3.05) is 40.3 Å². The highest BCUT2D eigenvalue weighted by molar-refractivity contribution is 4.63. The summed E-state index contributed by atoms with van der Waals surface area (Å²) >= 11 is 0. The van der Waals surface area contributed by atoms with Crippen molar-refractivity contribution < 1.29 is 0 Å². The summed E-state index contributed by atoms with van der Waals surface area (Å²) in [6.45, 7) is 5.87. The molecule has 0 aliphatic carbocycles. The summed E-state index contributed by atoms with van der Waals surface area (Å²) in [5, 5.41) is 0. The molecule has 0 saturated carbocycles. The molecule has 0 atom stereocenters. The lowest BCUT2D eigenvalue weighted by Gasteiger charge is -2.32. The van der Waals surface area contributed by atoms with E-state index < -0.39 is 0 Å². The van der Waals surface area contributed by atoms with Crippen molar-refractivity contribution in [1.29, 1.82) is 0 Å². The second-order valence-electron chi connectivity index (χ2n) is 3.88. The van der Waals surface area contributed by atoms with Gasteiger partial charge in [-0.05, 0) is 47.0 Å². The van der Waals surface area contributed by atoms with Gasteiger partial charge in [0.15, 0.2) is 0 Å². The minimum Gasteiger partial charge on any atom is -0.330 e. The first-order valence-electron chi connectivity index (χ1n) is 5.44. The summed E-state index contributed by atoms with van der Waals surface area (Å²) in [6, 6.07) is 0. The van der Waals surface area contributed by atoms with Crippen LogP contribution in [0.4, 0.5) is 0 Å². The maximum atomic E-state index is 5.48. The van der Waals surface area contributed by atoms with Crippen molar-refractivity contribution in [2.24, 2.45) is 11.5 Å². The molecule has 0 fully saturated rings. The zero-order chi connectivity index (χ0) is 11.0. The summed E-state index contributed by atoms with van der Waals surface area (Å²) in [5.41, 5.74) is 11.0. The summed E-state index contributed by atoms with van der Waals surface area (Å²) in [4.78, 5) is 4.65. The molecule has 0 aromatic rings. The van der Waals surface area contributed by atoms with Gasteiger partial charge in [0.05, 0.1) is 6.17 Å². The number of nitrogens with zero attached hydrogens (tertiary/aromatic N) is 2. The van der Waals surface area contributed by atoms with Crippen LogP contribution in [0.5, 0.6) is 0 Å². The molecule has 0 aromatic heterocycles. The quantitative estimate of drug-likeness (QED) is 0.539. The number of nitrogens with two attached hydrogens (primary N) is 2. The molecule has 0 unspecified atom stereocenters. The largest absolute Gasteiger partial charge is 0.330 e. The minimum absolute atomic E-state index is 0.466. The molecule has 0 amide bonds. The average molecular weight is 202 g/mol. The van der Waals surface area contributed by atoms with Crippen LogP contribution in [0.15, 0.2) is 0 Å². The van der Waals surface area contributed by atoms with Crippen molar-refractivity contribution in [3.05, 3.63) is 0 Å². The highest BCUT2D eigenvalue weighted by Crippen LogP contribution is 2.02. The van der Waals surface area contributed by atoms with Gasteiger partial charge in [0.25, 0.3) is 0 Å². The molecule has 0 radical (unpaired) electrons. The van der Waals surface area contributed by atoms with Gasteiger partial charge in [0, 0.05) is 13.1 Å². The van der Waals surface area contributed by atoms with E-state index in [-0.39, 0.29) is 0 Å². The fraction of sp³-hybridized carbons (Fsp3) is 1.00. The summed E-state index contributed by atoms with van der Waals surface area (Å²) in [7, 11) is 4.28. The summed E-state index contributed by atoms with van der Waals surface area (Å²) < 4.78 is 0. The van der Waals surface area contributed by atoms with Crippen LogP contribution in [0.2, 0.25) is 0 Å². The fourth-order valence-electron chi connectivity index (χ4n) is 1.39. The number of hydrogen-bond donors (Lipinski definition) is 2. The van der Waals surface area contributed by atoms with Gasteiger partial charge >= 0.3 is 0 Å². The highest BCUT2D eigenvalue weighted by Gasteiger charge is 2.12. The molecule has 0 spiro atoms. The Hall–Kier alpha value is -0.160. The van der Waals surface area contributed by atoms with Crippen LogP contribution < -0.4 is 11.5 Å². The third-order valence-corrected chi connectivity index (χ3v) is 2.71. The molecule has 0 heterocycles. The summed E-state index contributed by atoms with van der Waals surface area (Å²) in [6.07, 6.45) is 2.59. The summed E-state index contributed by atoms with van der Waals surface area (Å²) in [5.74, 6) is 0. The molecule has 86 valence electrons. The van der Waals surface area contributed by atoms with Gasteiger partial charge in [-0.3, -0.25) is 9.80 Å². The monoisotopic (exact) mass is 202 g/mol. The maximum absolute atomic E-state index is 5.48. The van der Waals surface area contributed by atoms with Crippen molar-refractivity contribution >= 4 is 0 Å². The van der Waals surface area contributed by atoms with E-state index in [1.54, 1.807) is 0 Å². The predicted molar refractivity (Wildman–Crippen MR) is 62.1 cm³/mol. The first-order chi connectivity index (χ1) is 6.63. The zero-order valence-electron chi connectivity index (χ0n) is 9.87. The van der Waals surface area contributed by atoms with Gasteiger partial charge in [-0.2, -0.15) is 0 Å². The molecule has 4 N–H and O–H groups in total. The minimum atomic E-state index is 0.466. The molecule has 0 saturated heterocycles. The Balaban J connectivity index is 3.72. The van der Waals surface area contributed by atoms with E-state index in [0.717, 1.165) is 39.0 Å². The molecule has 0 bridgehead atoms. The highest BCUT2D eigenvalue weighted by atomic mass is 15.3. The molecule has 0 aliphatic heterocycles. The topological polar surface area (TPSA) is 58.5 Å². The van der Waals surface area contributed by atoms with Crippen LogP contribution in [-0.2, 0) is 0 Å². The van der Waals surface area contributed by atoms with E-state index in [2.05, 4.69) is 30.8 Å². The second-order valence-corrected chi connectivity index (χ2v) is 3.88. The predicted octanol–water partition coefficient (Wildman–Crippen LogP) is -0.106.